The number of hydrogen-bond acceptors (Lipinski definition) is 3. The number of pyridine rings is 1. The van der Waals surface area contributed by atoms with Crippen LogP contribution in [-0.2, 0) is 0 Å². The van der Waals surface area contributed by atoms with Gasteiger partial charge in [-0.15, -0.1) is 0 Å². The minimum atomic E-state index is 0.507. The number of ether oxygens (including phenoxy) is 1. The average molecular weight is 325 g/mol. The van der Waals surface area contributed by atoms with E-state index in [4.69, 9.17) is 27.9 Å². The van der Waals surface area contributed by atoms with Crippen LogP contribution >= 0.6 is 23.2 Å². The van der Waals surface area contributed by atoms with E-state index in [9.17, 15) is 0 Å². The molecule has 1 aromatic carbocycles. The molecule has 0 spiro atoms. The number of rotatable bonds is 6. The smallest absolute Gasteiger partial charge is 0.164 e. The summed E-state index contributed by atoms with van der Waals surface area (Å²) in [4.78, 5) is 4.52. The van der Waals surface area contributed by atoms with Gasteiger partial charge in [-0.05, 0) is 50.4 Å². The third-order valence-electron chi connectivity index (χ3n) is 3.63. The van der Waals surface area contributed by atoms with Gasteiger partial charge in [0.15, 0.2) is 5.75 Å². The number of aromatic nitrogens is 1. The first-order chi connectivity index (χ1) is 10.1. The van der Waals surface area contributed by atoms with E-state index in [1.807, 2.05) is 19.1 Å². The first kappa shape index (κ1) is 14.9. The molecule has 1 saturated carbocycles. The highest BCUT2D eigenvalue weighted by atomic mass is 35.5. The molecule has 0 unspecified atom stereocenters. The fourth-order valence-corrected chi connectivity index (χ4v) is 2.85. The predicted molar refractivity (Wildman–Crippen MR) is 87.6 cm³/mol. The van der Waals surface area contributed by atoms with Gasteiger partial charge in [0.05, 0.1) is 10.0 Å². The van der Waals surface area contributed by atoms with Crippen molar-refractivity contribution in [3.05, 3.63) is 33.9 Å². The van der Waals surface area contributed by atoms with E-state index in [1.54, 1.807) is 6.07 Å². The lowest BCUT2D eigenvalue weighted by atomic mass is 10.2. The van der Waals surface area contributed by atoms with Crippen LogP contribution in [0.1, 0.15) is 18.5 Å². The van der Waals surface area contributed by atoms with E-state index in [1.165, 1.54) is 12.8 Å². The highest BCUT2D eigenvalue weighted by Crippen LogP contribution is 2.37. The Kier molecular flexibility index (Phi) is 4.53. The number of nitrogens with zero attached hydrogens (tertiary/aromatic N) is 1. The van der Waals surface area contributed by atoms with Crippen molar-refractivity contribution in [2.24, 2.45) is 5.92 Å². The maximum Gasteiger partial charge on any atom is 0.164 e. The van der Waals surface area contributed by atoms with Crippen LogP contribution in [0.3, 0.4) is 0 Å². The van der Waals surface area contributed by atoms with Gasteiger partial charge in [-0.2, -0.15) is 0 Å². The van der Waals surface area contributed by atoms with Crippen molar-refractivity contribution in [2.45, 2.75) is 19.8 Å². The quantitative estimate of drug-likeness (QED) is 0.807. The first-order valence-electron chi connectivity index (χ1n) is 7.24. The van der Waals surface area contributed by atoms with Crippen molar-refractivity contribution < 1.29 is 4.74 Å². The van der Waals surface area contributed by atoms with E-state index >= 15 is 0 Å². The second-order valence-electron chi connectivity index (χ2n) is 5.51. The van der Waals surface area contributed by atoms with Crippen molar-refractivity contribution in [3.8, 4) is 5.75 Å². The van der Waals surface area contributed by atoms with Gasteiger partial charge in [0.1, 0.15) is 12.1 Å². The zero-order chi connectivity index (χ0) is 14.8. The van der Waals surface area contributed by atoms with Crippen molar-refractivity contribution in [3.63, 3.8) is 0 Å². The van der Waals surface area contributed by atoms with Crippen LogP contribution in [0.25, 0.3) is 10.9 Å². The summed E-state index contributed by atoms with van der Waals surface area (Å²) < 4.78 is 5.85. The van der Waals surface area contributed by atoms with Crippen LogP contribution in [0, 0.1) is 12.8 Å². The van der Waals surface area contributed by atoms with E-state index in [0.717, 1.165) is 35.6 Å². The number of halogens is 2. The lowest BCUT2D eigenvalue weighted by Gasteiger charge is -2.12. The number of benzene rings is 1. The van der Waals surface area contributed by atoms with Gasteiger partial charge in [0.2, 0.25) is 0 Å². The molecule has 0 amide bonds. The normalized spacial score (nSPS) is 14.6. The molecule has 0 aliphatic heterocycles. The van der Waals surface area contributed by atoms with Crippen LogP contribution in [0.15, 0.2) is 18.2 Å². The molecule has 21 heavy (non-hydrogen) atoms. The minimum absolute atomic E-state index is 0.507. The first-order valence-corrected chi connectivity index (χ1v) is 7.99. The molecular weight excluding hydrogens is 307 g/mol. The van der Waals surface area contributed by atoms with E-state index in [-0.39, 0.29) is 0 Å². The molecule has 1 aliphatic rings. The van der Waals surface area contributed by atoms with Crippen molar-refractivity contribution in [1.29, 1.82) is 0 Å². The summed E-state index contributed by atoms with van der Waals surface area (Å²) in [7, 11) is 0. The third kappa shape index (κ3) is 3.60. The average Bonchev–Trinajstić information content (AvgIpc) is 3.25. The van der Waals surface area contributed by atoms with Gasteiger partial charge in [-0.3, -0.25) is 0 Å². The lowest BCUT2D eigenvalue weighted by Crippen LogP contribution is -2.23. The molecule has 3 nitrogen and oxygen atoms in total. The van der Waals surface area contributed by atoms with Crippen molar-refractivity contribution >= 4 is 34.1 Å². The molecule has 3 rings (SSSR count). The summed E-state index contributed by atoms with van der Waals surface area (Å²) in [5, 5.41) is 5.37. The van der Waals surface area contributed by atoms with Crippen LogP contribution in [0.5, 0.6) is 5.75 Å². The summed E-state index contributed by atoms with van der Waals surface area (Å²) in [6, 6.07) is 5.60. The lowest BCUT2D eigenvalue weighted by molar-refractivity contribution is 0.316. The molecule has 1 aliphatic carbocycles. The van der Waals surface area contributed by atoms with Crippen LogP contribution in [0.2, 0.25) is 10.0 Å². The zero-order valence-electron chi connectivity index (χ0n) is 12.0. The zero-order valence-corrected chi connectivity index (χ0v) is 13.5. The Labute approximate surface area is 134 Å². The molecule has 0 atom stereocenters. The molecule has 0 radical (unpaired) electrons. The summed E-state index contributed by atoms with van der Waals surface area (Å²) in [6.07, 6.45) is 2.70. The van der Waals surface area contributed by atoms with E-state index in [2.05, 4.69) is 10.3 Å². The Balaban J connectivity index is 1.74. The molecule has 0 bridgehead atoms. The fourth-order valence-electron chi connectivity index (χ4n) is 2.28. The molecule has 1 N–H and O–H groups in total. The maximum absolute atomic E-state index is 6.26. The number of hydrogen-bond donors (Lipinski definition) is 1. The number of fused-ring (bicyclic) bond motifs is 1. The Morgan fingerprint density at radius 3 is 2.86 bits per heavy atom. The Morgan fingerprint density at radius 1 is 1.29 bits per heavy atom. The highest BCUT2D eigenvalue weighted by molar-refractivity contribution is 6.39. The van der Waals surface area contributed by atoms with E-state index < -0.39 is 0 Å². The monoisotopic (exact) mass is 324 g/mol. The van der Waals surface area contributed by atoms with Crippen LogP contribution < -0.4 is 10.1 Å². The molecule has 0 saturated heterocycles. The van der Waals surface area contributed by atoms with E-state index in [0.29, 0.717) is 22.4 Å². The molecule has 1 fully saturated rings. The van der Waals surface area contributed by atoms with Gasteiger partial charge in [-0.25, -0.2) is 4.98 Å². The predicted octanol–water partition coefficient (Wildman–Crippen LogP) is 4.23. The van der Waals surface area contributed by atoms with Crippen LogP contribution in [0.4, 0.5) is 0 Å². The Morgan fingerprint density at radius 2 is 2.10 bits per heavy atom. The molecule has 1 heterocycles. The van der Waals surface area contributed by atoms with Gasteiger partial charge in [-0.1, -0.05) is 23.2 Å². The minimum Gasteiger partial charge on any atom is -0.488 e. The molecule has 112 valence electrons. The number of aryl methyl sites for hydroxylation is 1. The molecular formula is C16H18Cl2N2O. The number of nitrogens with one attached hydrogen (secondary N) is 1. The topological polar surface area (TPSA) is 34.1 Å². The summed E-state index contributed by atoms with van der Waals surface area (Å²) in [6.45, 7) is 4.40. The maximum atomic E-state index is 6.26. The molecule has 5 heteroatoms. The van der Waals surface area contributed by atoms with Gasteiger partial charge < -0.3 is 10.1 Å². The van der Waals surface area contributed by atoms with Gasteiger partial charge in [0, 0.05) is 17.6 Å². The molecule has 1 aromatic heterocycles. The van der Waals surface area contributed by atoms with Crippen molar-refractivity contribution in [1.82, 2.24) is 10.3 Å². The second kappa shape index (κ2) is 6.39. The largest absolute Gasteiger partial charge is 0.488 e. The van der Waals surface area contributed by atoms with Gasteiger partial charge >= 0.3 is 0 Å². The second-order valence-corrected chi connectivity index (χ2v) is 6.33. The SMILES string of the molecule is Cc1ccc2c(Cl)cc(Cl)c(OCCNCC3CC3)c2n1. The third-order valence-corrected chi connectivity index (χ3v) is 4.23. The standard InChI is InChI=1S/C16H18Cl2N2O/c1-10-2-5-12-13(17)8-14(18)16(15(12)20-10)21-7-6-19-9-11-3-4-11/h2,5,8,11,19H,3-4,6-7,9H2,1H3. The fraction of sp³-hybridized carbons (Fsp3) is 0.438. The van der Waals surface area contributed by atoms with Crippen molar-refractivity contribution in [2.75, 3.05) is 19.7 Å². The summed E-state index contributed by atoms with van der Waals surface area (Å²) in [5.74, 6) is 1.49. The molecule has 2 aromatic rings. The summed E-state index contributed by atoms with van der Waals surface area (Å²) in [5.41, 5.74) is 1.65. The Hall–Kier alpha value is -1.03. The van der Waals surface area contributed by atoms with Gasteiger partial charge in [0.25, 0.3) is 0 Å². The van der Waals surface area contributed by atoms with Crippen LogP contribution in [-0.4, -0.2) is 24.7 Å². The summed E-state index contributed by atoms with van der Waals surface area (Å²) >= 11 is 12.5. The highest BCUT2D eigenvalue weighted by Gasteiger charge is 2.20. The Bertz CT molecular complexity index is 656.